The summed E-state index contributed by atoms with van der Waals surface area (Å²) in [7, 11) is 1.60. The molecule has 1 unspecified atom stereocenters. The Morgan fingerprint density at radius 2 is 1.94 bits per heavy atom. The molecule has 2 N–H and O–H groups in total. The van der Waals surface area contributed by atoms with Crippen LogP contribution in [-0.4, -0.2) is 70.3 Å². The van der Waals surface area contributed by atoms with Crippen LogP contribution < -0.4 is 10.1 Å². The molecule has 0 saturated carbocycles. The Morgan fingerprint density at radius 1 is 1.15 bits per heavy atom. The Kier molecular flexibility index (Phi) is 5.45. The highest BCUT2D eigenvalue weighted by molar-refractivity contribution is 5.99. The van der Waals surface area contributed by atoms with Gasteiger partial charge < -0.3 is 24.8 Å². The van der Waals surface area contributed by atoms with Crippen LogP contribution >= 0.6 is 0 Å². The quantitative estimate of drug-likeness (QED) is 0.596. The van der Waals surface area contributed by atoms with Gasteiger partial charge in [0, 0.05) is 62.0 Å². The van der Waals surface area contributed by atoms with Crippen LogP contribution in [0.1, 0.15) is 22.5 Å². The van der Waals surface area contributed by atoms with Crippen LogP contribution in [0.4, 0.5) is 0 Å². The minimum atomic E-state index is -0.368. The van der Waals surface area contributed by atoms with E-state index in [0.29, 0.717) is 31.9 Å². The topological polar surface area (TPSA) is 108 Å². The summed E-state index contributed by atoms with van der Waals surface area (Å²) in [6, 6.07) is 11.1. The number of nitrogens with zero attached hydrogens (tertiary/aromatic N) is 3. The number of nitrogens with one attached hydrogen (secondary N) is 2. The summed E-state index contributed by atoms with van der Waals surface area (Å²) < 4.78 is 5.23. The fourth-order valence-corrected chi connectivity index (χ4v) is 4.43. The van der Waals surface area contributed by atoms with Crippen molar-refractivity contribution in [2.75, 3.05) is 26.7 Å². The van der Waals surface area contributed by atoms with Crippen molar-refractivity contribution >= 4 is 28.6 Å². The van der Waals surface area contributed by atoms with Crippen LogP contribution in [-0.2, 0) is 16.1 Å². The summed E-state index contributed by atoms with van der Waals surface area (Å²) in [4.78, 5) is 48.5. The molecule has 3 aromatic rings. The Morgan fingerprint density at radius 3 is 2.70 bits per heavy atom. The third-order valence-corrected chi connectivity index (χ3v) is 6.40. The third kappa shape index (κ3) is 4.13. The summed E-state index contributed by atoms with van der Waals surface area (Å²) >= 11 is 0. The van der Waals surface area contributed by atoms with Gasteiger partial charge in [-0.3, -0.25) is 19.4 Å². The molecule has 2 fully saturated rings. The molecular weight excluding hydrogens is 422 g/mol. The number of carbonyl (C=O) groups excluding carboxylic acids is 3. The molecule has 2 aromatic heterocycles. The summed E-state index contributed by atoms with van der Waals surface area (Å²) in [5.74, 6) is 0.101. The summed E-state index contributed by atoms with van der Waals surface area (Å²) in [6.45, 7) is 1.73. The van der Waals surface area contributed by atoms with Crippen LogP contribution in [0.25, 0.3) is 10.9 Å². The molecule has 170 valence electrons. The second-order valence-electron chi connectivity index (χ2n) is 8.52. The number of hydrogen-bond donors (Lipinski definition) is 2. The van der Waals surface area contributed by atoms with Crippen molar-refractivity contribution in [1.29, 1.82) is 0 Å². The third-order valence-electron chi connectivity index (χ3n) is 6.40. The maximum Gasteiger partial charge on any atom is 0.270 e. The normalized spacial score (nSPS) is 18.5. The van der Waals surface area contributed by atoms with E-state index in [1.807, 2.05) is 36.4 Å². The molecule has 0 bridgehead atoms. The SMILES string of the molecule is COc1ccc2cc(C(=O)N3CC(N4CC(C(=O)NCc5ccncc5)CC4=O)C3)[nH]c2c1. The van der Waals surface area contributed by atoms with Crippen molar-refractivity contribution in [3.63, 3.8) is 0 Å². The van der Waals surface area contributed by atoms with Crippen molar-refractivity contribution in [1.82, 2.24) is 25.1 Å². The second kappa shape index (κ2) is 8.57. The number of carbonyl (C=O) groups is 3. The number of amides is 3. The Balaban J connectivity index is 1.15. The van der Waals surface area contributed by atoms with Crippen molar-refractivity contribution in [2.24, 2.45) is 5.92 Å². The van der Waals surface area contributed by atoms with Crippen molar-refractivity contribution in [3.05, 3.63) is 60.0 Å². The number of ether oxygens (including phenoxy) is 1. The first-order valence-electron chi connectivity index (χ1n) is 10.9. The van der Waals surface area contributed by atoms with Gasteiger partial charge in [-0.25, -0.2) is 0 Å². The molecule has 4 heterocycles. The van der Waals surface area contributed by atoms with Gasteiger partial charge >= 0.3 is 0 Å². The van der Waals surface area contributed by atoms with Crippen LogP contribution in [0, 0.1) is 5.92 Å². The largest absolute Gasteiger partial charge is 0.497 e. The number of fused-ring (bicyclic) bond motifs is 1. The lowest BCUT2D eigenvalue weighted by Gasteiger charge is -2.43. The maximum atomic E-state index is 12.9. The maximum absolute atomic E-state index is 12.9. The van der Waals surface area contributed by atoms with Gasteiger partial charge in [-0.2, -0.15) is 0 Å². The van der Waals surface area contributed by atoms with E-state index in [9.17, 15) is 14.4 Å². The first-order chi connectivity index (χ1) is 16.0. The van der Waals surface area contributed by atoms with Gasteiger partial charge in [-0.1, -0.05) is 0 Å². The molecule has 0 aliphatic carbocycles. The van der Waals surface area contributed by atoms with E-state index in [1.165, 1.54) is 0 Å². The van der Waals surface area contributed by atoms with E-state index in [1.54, 1.807) is 29.3 Å². The zero-order chi connectivity index (χ0) is 22.9. The minimum Gasteiger partial charge on any atom is -0.497 e. The molecule has 1 aromatic carbocycles. The number of aromatic nitrogens is 2. The molecule has 2 aliphatic rings. The Bertz CT molecular complexity index is 1200. The molecular formula is C24H25N5O4. The Labute approximate surface area is 190 Å². The first-order valence-corrected chi connectivity index (χ1v) is 10.9. The smallest absolute Gasteiger partial charge is 0.270 e. The van der Waals surface area contributed by atoms with Crippen LogP contribution in [0.3, 0.4) is 0 Å². The van der Waals surface area contributed by atoms with E-state index >= 15 is 0 Å². The average Bonchev–Trinajstić information content (AvgIpc) is 3.40. The van der Waals surface area contributed by atoms with E-state index in [4.69, 9.17) is 4.74 Å². The number of aromatic amines is 1. The highest BCUT2D eigenvalue weighted by Crippen LogP contribution is 2.27. The number of rotatable bonds is 6. The molecule has 0 radical (unpaired) electrons. The summed E-state index contributed by atoms with van der Waals surface area (Å²) in [5, 5.41) is 3.84. The lowest BCUT2D eigenvalue weighted by Crippen LogP contribution is -2.61. The number of H-pyrrole nitrogens is 1. The van der Waals surface area contributed by atoms with Crippen molar-refractivity contribution in [3.8, 4) is 5.75 Å². The van der Waals surface area contributed by atoms with Gasteiger partial charge in [0.25, 0.3) is 5.91 Å². The summed E-state index contributed by atoms with van der Waals surface area (Å²) in [5.41, 5.74) is 2.31. The highest BCUT2D eigenvalue weighted by atomic mass is 16.5. The van der Waals surface area contributed by atoms with Crippen LogP contribution in [0.2, 0.25) is 0 Å². The molecule has 9 heteroatoms. The minimum absolute atomic E-state index is 0.0335. The fraction of sp³-hybridized carbons (Fsp3) is 0.333. The number of pyridine rings is 1. The standard InChI is InChI=1S/C24H25N5O4/c1-33-19-3-2-16-8-21(27-20(16)10-19)24(32)28-13-18(14-28)29-12-17(9-22(29)30)23(31)26-11-15-4-6-25-7-5-15/h2-8,10,17-18,27H,9,11-14H2,1H3,(H,26,31). The fourth-order valence-electron chi connectivity index (χ4n) is 4.43. The summed E-state index contributed by atoms with van der Waals surface area (Å²) in [6.07, 6.45) is 3.56. The molecule has 9 nitrogen and oxygen atoms in total. The molecule has 5 rings (SSSR count). The second-order valence-corrected chi connectivity index (χ2v) is 8.52. The van der Waals surface area contributed by atoms with Gasteiger partial charge in [0.2, 0.25) is 11.8 Å². The molecule has 3 amide bonds. The van der Waals surface area contributed by atoms with Crippen LogP contribution in [0.5, 0.6) is 5.75 Å². The van der Waals surface area contributed by atoms with E-state index in [2.05, 4.69) is 15.3 Å². The average molecular weight is 447 g/mol. The number of benzene rings is 1. The number of likely N-dealkylation sites (tertiary alicyclic amines) is 2. The van der Waals surface area contributed by atoms with Crippen LogP contribution in [0.15, 0.2) is 48.8 Å². The van der Waals surface area contributed by atoms with Crippen molar-refractivity contribution in [2.45, 2.75) is 19.0 Å². The van der Waals surface area contributed by atoms with Gasteiger partial charge in [0.1, 0.15) is 11.4 Å². The number of methoxy groups -OCH3 is 1. The predicted molar refractivity (Wildman–Crippen MR) is 120 cm³/mol. The lowest BCUT2D eigenvalue weighted by atomic mass is 10.1. The molecule has 1 atom stereocenters. The van der Waals surface area contributed by atoms with E-state index in [-0.39, 0.29) is 36.1 Å². The number of hydrogen-bond acceptors (Lipinski definition) is 5. The predicted octanol–water partition coefficient (Wildman–Crippen LogP) is 1.56. The molecule has 33 heavy (non-hydrogen) atoms. The van der Waals surface area contributed by atoms with Gasteiger partial charge in [-0.05, 0) is 35.9 Å². The first kappa shape index (κ1) is 21.0. The zero-order valence-electron chi connectivity index (χ0n) is 18.3. The molecule has 0 spiro atoms. The lowest BCUT2D eigenvalue weighted by molar-refractivity contribution is -0.132. The zero-order valence-corrected chi connectivity index (χ0v) is 18.3. The Hall–Kier alpha value is -3.88. The van der Waals surface area contributed by atoms with Crippen molar-refractivity contribution < 1.29 is 19.1 Å². The van der Waals surface area contributed by atoms with Gasteiger partial charge in [0.15, 0.2) is 0 Å². The molecule has 2 aliphatic heterocycles. The van der Waals surface area contributed by atoms with E-state index in [0.717, 1.165) is 22.2 Å². The van der Waals surface area contributed by atoms with E-state index < -0.39 is 0 Å². The van der Waals surface area contributed by atoms with Gasteiger partial charge in [-0.15, -0.1) is 0 Å². The monoisotopic (exact) mass is 447 g/mol. The molecule has 2 saturated heterocycles. The van der Waals surface area contributed by atoms with Gasteiger partial charge in [0.05, 0.1) is 19.1 Å². The highest BCUT2D eigenvalue weighted by Gasteiger charge is 2.43.